The molecule has 0 saturated heterocycles. The van der Waals surface area contributed by atoms with Crippen molar-refractivity contribution in [2.75, 3.05) is 0 Å². The van der Waals surface area contributed by atoms with Gasteiger partial charge in [-0.05, 0) is 132 Å². The Balaban J connectivity index is 1.95. The van der Waals surface area contributed by atoms with Gasteiger partial charge in [-0.2, -0.15) is 0 Å². The van der Waals surface area contributed by atoms with Crippen molar-refractivity contribution in [2.45, 2.75) is 117 Å². The van der Waals surface area contributed by atoms with Crippen LogP contribution >= 0.6 is 43.2 Å². The quantitative estimate of drug-likeness (QED) is 0.175. The van der Waals surface area contributed by atoms with Crippen LogP contribution in [0.5, 0.6) is 17.2 Å². The average molecular weight is 617 g/mol. The van der Waals surface area contributed by atoms with Crippen molar-refractivity contribution < 1.29 is 15.3 Å². The molecular weight excluding hydrogens is 573 g/mol. The monoisotopic (exact) mass is 616 g/mol. The molecule has 0 atom stereocenters. The van der Waals surface area contributed by atoms with Crippen LogP contribution < -0.4 is 0 Å². The maximum atomic E-state index is 11.4. The van der Waals surface area contributed by atoms with Crippen LogP contribution in [0.2, 0.25) is 0 Å². The molecule has 0 radical (unpaired) electrons. The van der Waals surface area contributed by atoms with E-state index in [-0.39, 0.29) is 33.5 Å². The van der Waals surface area contributed by atoms with Gasteiger partial charge in [0.1, 0.15) is 17.2 Å². The molecule has 0 aromatic heterocycles. The lowest BCUT2D eigenvalue weighted by Gasteiger charge is -2.26. The zero-order valence-corrected chi connectivity index (χ0v) is 28.5. The van der Waals surface area contributed by atoms with Crippen LogP contribution in [0, 0.1) is 0 Å². The highest BCUT2D eigenvalue weighted by molar-refractivity contribution is 8.77. The normalized spacial score (nSPS) is 12.6. The molecule has 0 aliphatic carbocycles. The van der Waals surface area contributed by atoms with Gasteiger partial charge >= 0.3 is 0 Å². The lowest BCUT2D eigenvalue weighted by Crippen LogP contribution is -2.15. The maximum Gasteiger partial charge on any atom is 0.144 e. The number of aromatic hydroxyl groups is 3. The SMILES string of the molecule is CCC(C)(C)c1ccc(O)c(SSc2cc(C(C)(C)CC)cc(SSc3cc(C(C)(C)CC)ccc3O)c2O)c1. The predicted molar refractivity (Wildman–Crippen MR) is 178 cm³/mol. The highest BCUT2D eigenvalue weighted by atomic mass is 33.1. The van der Waals surface area contributed by atoms with Crippen LogP contribution in [0.1, 0.15) is 98.3 Å². The molecule has 0 spiro atoms. The van der Waals surface area contributed by atoms with Crippen LogP contribution in [0.25, 0.3) is 0 Å². The summed E-state index contributed by atoms with van der Waals surface area (Å²) in [7, 11) is 5.86. The molecule has 0 unspecified atom stereocenters. The summed E-state index contributed by atoms with van der Waals surface area (Å²) in [6.45, 7) is 19.8. The van der Waals surface area contributed by atoms with E-state index in [9.17, 15) is 15.3 Å². The van der Waals surface area contributed by atoms with Crippen LogP contribution in [0.15, 0.2) is 68.1 Å². The van der Waals surface area contributed by atoms with E-state index in [4.69, 9.17) is 0 Å². The summed E-state index contributed by atoms with van der Waals surface area (Å²) in [6, 6.07) is 15.8. The third-order valence-corrected chi connectivity index (χ3v) is 13.2. The first-order valence-corrected chi connectivity index (χ1v) is 18.2. The van der Waals surface area contributed by atoms with Crippen molar-refractivity contribution in [1.29, 1.82) is 0 Å². The van der Waals surface area contributed by atoms with Crippen molar-refractivity contribution in [1.82, 2.24) is 0 Å². The van der Waals surface area contributed by atoms with Crippen LogP contribution in [0.3, 0.4) is 0 Å². The Morgan fingerprint density at radius 1 is 0.475 bits per heavy atom. The maximum absolute atomic E-state index is 11.4. The Morgan fingerprint density at radius 3 is 1.12 bits per heavy atom. The van der Waals surface area contributed by atoms with E-state index in [1.165, 1.54) is 54.3 Å². The smallest absolute Gasteiger partial charge is 0.144 e. The molecule has 40 heavy (non-hydrogen) atoms. The molecule has 7 heteroatoms. The van der Waals surface area contributed by atoms with E-state index in [1.54, 1.807) is 12.1 Å². The molecule has 0 aliphatic heterocycles. The minimum absolute atomic E-state index is 0.0110. The molecule has 0 amide bonds. The minimum Gasteiger partial charge on any atom is -0.507 e. The van der Waals surface area contributed by atoms with Crippen molar-refractivity contribution in [2.24, 2.45) is 0 Å². The van der Waals surface area contributed by atoms with E-state index in [1.807, 2.05) is 12.1 Å². The Kier molecular flexibility index (Phi) is 10.9. The van der Waals surface area contributed by atoms with E-state index in [2.05, 4.69) is 86.6 Å². The number of hydrogen-bond acceptors (Lipinski definition) is 7. The van der Waals surface area contributed by atoms with E-state index in [0.29, 0.717) is 0 Å². The summed E-state index contributed by atoms with van der Waals surface area (Å²) in [5.74, 6) is 0.709. The van der Waals surface area contributed by atoms with Crippen LogP contribution in [-0.4, -0.2) is 15.3 Å². The van der Waals surface area contributed by atoms with Gasteiger partial charge in [-0.3, -0.25) is 0 Å². The summed E-state index contributed by atoms with van der Waals surface area (Å²) in [5.41, 5.74) is 3.46. The number of hydrogen-bond donors (Lipinski definition) is 3. The molecule has 0 heterocycles. The standard InChI is InChI=1S/C33H44O3S4/c1-10-31(4,5)21-13-15-24(34)26(17-21)37-39-28-19-23(33(8,9)12-3)20-29(30(28)36)40-38-27-18-22(14-16-25(27)35)32(6,7)11-2/h13-20,34-36H,10-12H2,1-9H3. The van der Waals surface area contributed by atoms with Crippen molar-refractivity contribution in [3.8, 4) is 17.2 Å². The van der Waals surface area contributed by atoms with E-state index < -0.39 is 0 Å². The van der Waals surface area contributed by atoms with Gasteiger partial charge in [0, 0.05) is 0 Å². The highest BCUT2D eigenvalue weighted by Crippen LogP contribution is 2.52. The Bertz CT molecular complexity index is 1240. The number of phenols is 3. The first kappa shape index (κ1) is 33.0. The first-order chi connectivity index (χ1) is 18.6. The summed E-state index contributed by atoms with van der Waals surface area (Å²) in [4.78, 5) is 3.09. The summed E-state index contributed by atoms with van der Waals surface area (Å²) in [5, 5.41) is 32.6. The largest absolute Gasteiger partial charge is 0.507 e. The lowest BCUT2D eigenvalue weighted by atomic mass is 9.82. The fourth-order valence-electron chi connectivity index (χ4n) is 3.90. The van der Waals surface area contributed by atoms with Crippen molar-refractivity contribution in [3.05, 3.63) is 65.2 Å². The van der Waals surface area contributed by atoms with Gasteiger partial charge in [-0.15, -0.1) is 0 Å². The zero-order valence-electron chi connectivity index (χ0n) is 25.2. The Hall–Kier alpha value is -1.54. The molecular formula is C33H44O3S4. The molecule has 0 saturated carbocycles. The topological polar surface area (TPSA) is 60.7 Å². The van der Waals surface area contributed by atoms with Gasteiger partial charge in [0.15, 0.2) is 0 Å². The van der Waals surface area contributed by atoms with E-state index in [0.717, 1.165) is 44.4 Å². The molecule has 0 fully saturated rings. The number of rotatable bonds is 12. The van der Waals surface area contributed by atoms with Gasteiger partial charge in [0.2, 0.25) is 0 Å². The minimum atomic E-state index is -0.0753. The predicted octanol–water partition coefficient (Wildman–Crippen LogP) is 11.5. The second-order valence-electron chi connectivity index (χ2n) is 12.2. The fourth-order valence-corrected chi connectivity index (χ4v) is 8.34. The second-order valence-corrected chi connectivity index (χ2v) is 16.7. The molecule has 0 aliphatic rings. The van der Waals surface area contributed by atoms with Gasteiger partial charge in [0.05, 0.1) is 19.6 Å². The molecule has 3 aromatic rings. The van der Waals surface area contributed by atoms with E-state index >= 15 is 0 Å². The summed E-state index contributed by atoms with van der Waals surface area (Å²) < 4.78 is 0. The number of benzene rings is 3. The zero-order chi connectivity index (χ0) is 29.9. The Labute approximate surface area is 257 Å². The first-order valence-electron chi connectivity index (χ1n) is 13.9. The third-order valence-electron chi connectivity index (χ3n) is 8.40. The van der Waals surface area contributed by atoms with Crippen molar-refractivity contribution in [3.63, 3.8) is 0 Å². The van der Waals surface area contributed by atoms with Gasteiger partial charge < -0.3 is 15.3 Å². The van der Waals surface area contributed by atoms with Crippen LogP contribution in [0.4, 0.5) is 0 Å². The van der Waals surface area contributed by atoms with Gasteiger partial charge in [-0.25, -0.2) is 0 Å². The summed E-state index contributed by atoms with van der Waals surface area (Å²) in [6.07, 6.45) is 2.95. The molecule has 3 rings (SSSR count). The van der Waals surface area contributed by atoms with Crippen molar-refractivity contribution >= 4 is 43.2 Å². The van der Waals surface area contributed by atoms with Gasteiger partial charge in [-0.1, -0.05) is 74.4 Å². The second kappa shape index (κ2) is 13.2. The summed E-state index contributed by atoms with van der Waals surface area (Å²) >= 11 is 0. The lowest BCUT2D eigenvalue weighted by molar-refractivity contribution is 0.444. The third kappa shape index (κ3) is 7.64. The van der Waals surface area contributed by atoms with Gasteiger partial charge in [0.25, 0.3) is 0 Å². The molecule has 218 valence electrons. The molecule has 0 bridgehead atoms. The Morgan fingerprint density at radius 2 is 0.775 bits per heavy atom. The highest BCUT2D eigenvalue weighted by Gasteiger charge is 2.25. The molecule has 3 aromatic carbocycles. The average Bonchev–Trinajstić information content (AvgIpc) is 2.92. The number of phenolic OH excluding ortho intramolecular Hbond substituents is 3. The molecule has 3 N–H and O–H groups in total. The fraction of sp³-hybridized carbons (Fsp3) is 0.455. The van der Waals surface area contributed by atoms with Crippen LogP contribution in [-0.2, 0) is 16.2 Å². The molecule has 3 nitrogen and oxygen atoms in total.